The van der Waals surface area contributed by atoms with Gasteiger partial charge in [-0.1, -0.05) is 12.1 Å². The summed E-state index contributed by atoms with van der Waals surface area (Å²) in [6, 6.07) is 6.56. The zero-order valence-corrected chi connectivity index (χ0v) is 15.5. The van der Waals surface area contributed by atoms with Crippen molar-refractivity contribution in [2.75, 3.05) is 6.54 Å². The number of benzene rings is 1. The second-order valence-corrected chi connectivity index (χ2v) is 7.72. The Morgan fingerprint density at radius 3 is 2.19 bits per heavy atom. The number of amides is 3. The van der Waals surface area contributed by atoms with Gasteiger partial charge in [-0.2, -0.15) is 0 Å². The molecule has 0 unspecified atom stereocenters. The molecule has 140 valence electrons. The number of rotatable bonds is 2. The van der Waals surface area contributed by atoms with Crippen LogP contribution >= 0.6 is 0 Å². The molecular formula is C19H24N2O5. The minimum absolute atomic E-state index is 0.112. The lowest BCUT2D eigenvalue weighted by Crippen LogP contribution is -2.50. The summed E-state index contributed by atoms with van der Waals surface area (Å²) in [4.78, 5) is 44.4. The third-order valence-electron chi connectivity index (χ3n) is 4.47. The van der Waals surface area contributed by atoms with Crippen LogP contribution in [0.2, 0.25) is 0 Å². The van der Waals surface area contributed by atoms with Crippen molar-refractivity contribution >= 4 is 17.9 Å². The lowest BCUT2D eigenvalue weighted by Gasteiger charge is -2.38. The molecule has 2 atom stereocenters. The number of piperidine rings is 1. The van der Waals surface area contributed by atoms with Crippen LogP contribution in [0, 0.1) is 0 Å². The molecule has 0 spiro atoms. The zero-order valence-electron chi connectivity index (χ0n) is 15.5. The summed E-state index contributed by atoms with van der Waals surface area (Å²) in [6.07, 6.45) is 0.374. The molecule has 0 saturated carbocycles. The highest BCUT2D eigenvalue weighted by molar-refractivity contribution is 6.20. The number of hydrogen-bond acceptors (Lipinski definition) is 5. The maximum Gasteiger partial charge on any atom is 0.410 e. The minimum Gasteiger partial charge on any atom is -0.444 e. The Hall–Kier alpha value is -2.41. The number of carbonyl (C=O) groups excluding carboxylic acids is 3. The predicted molar refractivity (Wildman–Crippen MR) is 93.5 cm³/mol. The molecule has 2 heterocycles. The van der Waals surface area contributed by atoms with E-state index in [1.165, 1.54) is 0 Å². The van der Waals surface area contributed by atoms with Gasteiger partial charge >= 0.3 is 6.09 Å². The van der Waals surface area contributed by atoms with E-state index < -0.39 is 17.4 Å². The van der Waals surface area contributed by atoms with Gasteiger partial charge in [0.2, 0.25) is 0 Å². The fourth-order valence-electron chi connectivity index (χ4n) is 3.23. The van der Waals surface area contributed by atoms with Crippen molar-refractivity contribution in [3.05, 3.63) is 35.4 Å². The van der Waals surface area contributed by atoms with Crippen LogP contribution in [0.15, 0.2) is 24.3 Å². The van der Waals surface area contributed by atoms with Crippen LogP contribution in [-0.2, 0) is 9.57 Å². The van der Waals surface area contributed by atoms with Crippen LogP contribution in [0.1, 0.15) is 61.3 Å². The molecule has 7 nitrogen and oxygen atoms in total. The average Bonchev–Trinajstić information content (AvgIpc) is 2.79. The van der Waals surface area contributed by atoms with E-state index in [0.29, 0.717) is 30.5 Å². The second kappa shape index (κ2) is 6.72. The van der Waals surface area contributed by atoms with E-state index in [1.54, 1.807) is 29.2 Å². The predicted octanol–water partition coefficient (Wildman–Crippen LogP) is 3.00. The summed E-state index contributed by atoms with van der Waals surface area (Å²) in [5.41, 5.74) is 0.165. The first-order valence-electron chi connectivity index (χ1n) is 8.81. The molecule has 3 rings (SSSR count). The highest BCUT2D eigenvalue weighted by Gasteiger charge is 2.40. The van der Waals surface area contributed by atoms with Crippen molar-refractivity contribution < 1.29 is 24.0 Å². The fraction of sp³-hybridized carbons (Fsp3) is 0.526. The number of hydroxylamine groups is 2. The second-order valence-electron chi connectivity index (χ2n) is 7.72. The normalized spacial score (nSPS) is 23.2. The quantitative estimate of drug-likeness (QED) is 0.758. The molecule has 1 saturated heterocycles. The molecule has 0 bridgehead atoms. The third-order valence-corrected chi connectivity index (χ3v) is 4.47. The molecule has 1 aromatic rings. The monoisotopic (exact) mass is 360 g/mol. The molecular weight excluding hydrogens is 336 g/mol. The molecule has 2 aliphatic heterocycles. The van der Waals surface area contributed by atoms with E-state index >= 15 is 0 Å². The largest absolute Gasteiger partial charge is 0.444 e. The lowest BCUT2D eigenvalue weighted by atomic mass is 10.0. The summed E-state index contributed by atoms with van der Waals surface area (Å²) < 4.78 is 5.42. The molecule has 0 radical (unpaired) electrons. The van der Waals surface area contributed by atoms with Gasteiger partial charge in [-0.3, -0.25) is 14.4 Å². The highest BCUT2D eigenvalue weighted by Crippen LogP contribution is 2.27. The van der Waals surface area contributed by atoms with Crippen molar-refractivity contribution in [3.8, 4) is 0 Å². The van der Waals surface area contributed by atoms with Crippen LogP contribution in [-0.4, -0.2) is 52.2 Å². The SMILES string of the molecule is C[C@@H]1C[C@@H](ON2C(=O)c3ccccc3C2=O)CCN1C(=O)OC(C)(C)C. The summed E-state index contributed by atoms with van der Waals surface area (Å²) >= 11 is 0. The Morgan fingerprint density at radius 1 is 1.12 bits per heavy atom. The summed E-state index contributed by atoms with van der Waals surface area (Å²) in [7, 11) is 0. The topological polar surface area (TPSA) is 76.2 Å². The number of ether oxygens (including phenoxy) is 1. The Kier molecular flexibility index (Phi) is 4.75. The third kappa shape index (κ3) is 3.58. The Bertz CT molecular complexity index is 705. The maximum atomic E-state index is 12.4. The van der Waals surface area contributed by atoms with Gasteiger partial charge in [-0.25, -0.2) is 4.79 Å². The number of imide groups is 1. The first kappa shape index (κ1) is 18.4. The first-order valence-corrected chi connectivity index (χ1v) is 8.81. The van der Waals surface area contributed by atoms with Gasteiger partial charge < -0.3 is 9.64 Å². The molecule has 1 aromatic carbocycles. The van der Waals surface area contributed by atoms with Crippen LogP contribution in [0.3, 0.4) is 0 Å². The molecule has 2 aliphatic rings. The summed E-state index contributed by atoms with van der Waals surface area (Å²) in [6.45, 7) is 7.83. The molecule has 0 aromatic heterocycles. The smallest absolute Gasteiger partial charge is 0.410 e. The number of hydrogen-bond donors (Lipinski definition) is 0. The van der Waals surface area contributed by atoms with Crippen LogP contribution < -0.4 is 0 Å². The highest BCUT2D eigenvalue weighted by atomic mass is 16.7. The van der Waals surface area contributed by atoms with E-state index in [2.05, 4.69) is 0 Å². The molecule has 3 amide bonds. The van der Waals surface area contributed by atoms with Gasteiger partial charge in [0.15, 0.2) is 0 Å². The minimum atomic E-state index is -0.551. The molecule has 26 heavy (non-hydrogen) atoms. The number of fused-ring (bicyclic) bond motifs is 1. The van der Waals surface area contributed by atoms with Crippen LogP contribution in [0.5, 0.6) is 0 Å². The Morgan fingerprint density at radius 2 is 1.69 bits per heavy atom. The fourth-order valence-corrected chi connectivity index (χ4v) is 3.23. The van der Waals surface area contributed by atoms with Gasteiger partial charge in [-0.15, -0.1) is 5.06 Å². The van der Waals surface area contributed by atoms with Gasteiger partial charge in [0.05, 0.1) is 17.2 Å². The van der Waals surface area contributed by atoms with E-state index in [-0.39, 0.29) is 18.2 Å². The number of likely N-dealkylation sites (tertiary alicyclic amines) is 1. The number of carbonyl (C=O) groups is 3. The van der Waals surface area contributed by atoms with Gasteiger partial charge in [0, 0.05) is 12.6 Å². The molecule has 1 fully saturated rings. The van der Waals surface area contributed by atoms with E-state index in [9.17, 15) is 14.4 Å². The Balaban J connectivity index is 1.61. The number of nitrogens with zero attached hydrogens (tertiary/aromatic N) is 2. The van der Waals surface area contributed by atoms with Gasteiger partial charge in [0.1, 0.15) is 5.60 Å². The van der Waals surface area contributed by atoms with Crippen molar-refractivity contribution in [3.63, 3.8) is 0 Å². The van der Waals surface area contributed by atoms with Crippen molar-refractivity contribution in [2.24, 2.45) is 0 Å². The molecule has 0 aliphatic carbocycles. The van der Waals surface area contributed by atoms with Crippen molar-refractivity contribution in [1.82, 2.24) is 9.96 Å². The van der Waals surface area contributed by atoms with E-state index in [1.807, 2.05) is 27.7 Å². The standard InChI is InChI=1S/C19H24N2O5/c1-12-11-13(9-10-20(12)18(24)25-19(2,3)4)26-21-16(22)14-7-5-6-8-15(14)17(21)23/h5-8,12-13H,9-11H2,1-4H3/t12-,13+/m1/s1. The summed E-state index contributed by atoms with van der Waals surface area (Å²) in [5.74, 6) is -0.874. The van der Waals surface area contributed by atoms with Gasteiger partial charge in [0.25, 0.3) is 11.8 Å². The molecule has 7 heteroatoms. The lowest BCUT2D eigenvalue weighted by molar-refractivity contribution is -0.150. The Labute approximate surface area is 152 Å². The van der Waals surface area contributed by atoms with Crippen LogP contribution in [0.25, 0.3) is 0 Å². The van der Waals surface area contributed by atoms with Gasteiger partial charge in [-0.05, 0) is 52.7 Å². The van der Waals surface area contributed by atoms with E-state index in [0.717, 1.165) is 5.06 Å². The maximum absolute atomic E-state index is 12.4. The van der Waals surface area contributed by atoms with E-state index in [4.69, 9.17) is 9.57 Å². The van der Waals surface area contributed by atoms with Crippen molar-refractivity contribution in [1.29, 1.82) is 0 Å². The first-order chi connectivity index (χ1) is 12.2. The summed E-state index contributed by atoms with van der Waals surface area (Å²) in [5, 5.41) is 0.852. The average molecular weight is 360 g/mol. The van der Waals surface area contributed by atoms with Crippen molar-refractivity contribution in [2.45, 2.75) is 58.3 Å². The van der Waals surface area contributed by atoms with Crippen LogP contribution in [0.4, 0.5) is 4.79 Å². The molecule has 0 N–H and O–H groups in total. The zero-order chi connectivity index (χ0) is 19.1.